The van der Waals surface area contributed by atoms with Gasteiger partial charge < -0.3 is 48.9 Å². The van der Waals surface area contributed by atoms with E-state index in [-0.39, 0.29) is 26.4 Å². The number of ether oxygens (including phenoxy) is 7. The van der Waals surface area contributed by atoms with Crippen LogP contribution in [-0.2, 0) is 59.5 Å². The molecule has 2 aliphatic carbocycles. The van der Waals surface area contributed by atoms with Crippen LogP contribution in [0.2, 0.25) is 0 Å². The van der Waals surface area contributed by atoms with Gasteiger partial charge >= 0.3 is 18.3 Å². The third-order valence-electron chi connectivity index (χ3n) is 12.9. The summed E-state index contributed by atoms with van der Waals surface area (Å²) in [4.78, 5) is 46.0. The van der Waals surface area contributed by atoms with Crippen LogP contribution in [0.15, 0.2) is 126 Å². The first-order valence-corrected chi connectivity index (χ1v) is 23.0. The lowest BCUT2D eigenvalue weighted by Crippen LogP contribution is -2.72. The summed E-state index contributed by atoms with van der Waals surface area (Å²) in [6.45, 7) is 2.04. The summed E-state index contributed by atoms with van der Waals surface area (Å²) in [5, 5.41) is 22.1. The van der Waals surface area contributed by atoms with Crippen LogP contribution < -0.4 is 10.6 Å². The van der Waals surface area contributed by atoms with E-state index in [1.54, 1.807) is 4.90 Å². The highest BCUT2D eigenvalue weighted by Gasteiger charge is 2.62. The number of alkyl carbamates (subject to hydrolysis) is 2. The number of nitrogens with zero attached hydrogens (tertiary/aromatic N) is 4. The third-order valence-corrected chi connectivity index (χ3v) is 12.9. The Kier molecular flexibility index (Phi) is 15.9. The number of fused-ring (bicyclic) bond motifs is 1. The van der Waals surface area contributed by atoms with Gasteiger partial charge in [-0.1, -0.05) is 133 Å². The van der Waals surface area contributed by atoms with Crippen molar-refractivity contribution in [2.45, 2.75) is 145 Å². The molecule has 8 rings (SSSR count). The second kappa shape index (κ2) is 22.5. The minimum absolute atomic E-state index is 0.0307. The highest BCUT2D eigenvalue weighted by Crippen LogP contribution is 2.46. The van der Waals surface area contributed by atoms with Crippen LogP contribution in [0.25, 0.3) is 10.4 Å². The first-order chi connectivity index (χ1) is 32.7. The fourth-order valence-corrected chi connectivity index (χ4v) is 9.40. The van der Waals surface area contributed by atoms with Crippen molar-refractivity contribution < 1.29 is 52.6 Å². The molecule has 0 aromatic heterocycles. The van der Waals surface area contributed by atoms with Crippen molar-refractivity contribution in [2.24, 2.45) is 5.11 Å². The predicted molar refractivity (Wildman–Crippen MR) is 242 cm³/mol. The van der Waals surface area contributed by atoms with E-state index in [2.05, 4.69) is 20.7 Å². The molecular weight excluding hydrogens is 861 g/mol. The molecule has 3 N–H and O–H groups in total. The van der Waals surface area contributed by atoms with Gasteiger partial charge in [-0.15, -0.1) is 0 Å². The van der Waals surface area contributed by atoms with Gasteiger partial charge in [0.15, 0.2) is 12.1 Å². The van der Waals surface area contributed by atoms with Crippen molar-refractivity contribution in [3.63, 3.8) is 0 Å². The van der Waals surface area contributed by atoms with Crippen LogP contribution in [0.3, 0.4) is 0 Å². The smallest absolute Gasteiger partial charge is 0.410 e. The van der Waals surface area contributed by atoms with Gasteiger partial charge in [-0.25, -0.2) is 14.4 Å². The normalized spacial score (nSPS) is 26.7. The number of carbonyl (C=O) groups excluding carboxylic acids is 3. The third kappa shape index (κ3) is 12.0. The molecule has 1 unspecified atom stereocenters. The monoisotopic (exact) mass is 918 g/mol. The van der Waals surface area contributed by atoms with Gasteiger partial charge in [0.2, 0.25) is 0 Å². The molecule has 4 aromatic carbocycles. The highest BCUT2D eigenvalue weighted by molar-refractivity contribution is 5.69. The molecule has 2 heterocycles. The van der Waals surface area contributed by atoms with Crippen LogP contribution in [0.1, 0.15) is 74.1 Å². The fourth-order valence-electron chi connectivity index (χ4n) is 9.40. The van der Waals surface area contributed by atoms with E-state index in [1.165, 1.54) is 0 Å². The van der Waals surface area contributed by atoms with E-state index < -0.39 is 85.0 Å². The van der Waals surface area contributed by atoms with E-state index in [0.717, 1.165) is 41.5 Å². The molecule has 1 spiro atoms. The molecule has 2 saturated carbocycles. The van der Waals surface area contributed by atoms with Crippen LogP contribution in [-0.4, -0.2) is 95.1 Å². The van der Waals surface area contributed by atoms with Crippen molar-refractivity contribution in [3.8, 4) is 0 Å². The average molecular weight is 919 g/mol. The quantitative estimate of drug-likeness (QED) is 0.0448. The lowest BCUT2D eigenvalue weighted by molar-refractivity contribution is -0.265. The Morgan fingerprint density at radius 1 is 0.731 bits per heavy atom. The number of azide groups is 1. The largest absolute Gasteiger partial charge is 0.445 e. The van der Waals surface area contributed by atoms with E-state index in [1.807, 2.05) is 128 Å². The molecule has 17 heteroatoms. The van der Waals surface area contributed by atoms with E-state index >= 15 is 0 Å². The molecule has 17 nitrogen and oxygen atoms in total. The molecule has 4 aromatic rings. The van der Waals surface area contributed by atoms with Crippen molar-refractivity contribution in [3.05, 3.63) is 154 Å². The molecule has 10 atom stereocenters. The van der Waals surface area contributed by atoms with Gasteiger partial charge in [-0.2, -0.15) is 0 Å². The Morgan fingerprint density at radius 3 is 1.79 bits per heavy atom. The summed E-state index contributed by atoms with van der Waals surface area (Å²) in [6, 6.07) is 33.3. The zero-order chi connectivity index (χ0) is 46.6. The number of benzene rings is 4. The van der Waals surface area contributed by atoms with Gasteiger partial charge in [-0.05, 0) is 60.4 Å². The lowest BCUT2D eigenvalue weighted by atomic mass is 9.81. The molecular formula is C50H58N6O11. The Morgan fingerprint density at radius 2 is 1.24 bits per heavy atom. The summed E-state index contributed by atoms with van der Waals surface area (Å²) in [6.07, 6.45) is -4.53. The number of amides is 3. The highest BCUT2D eigenvalue weighted by atomic mass is 16.8. The Bertz CT molecular complexity index is 2270. The minimum Gasteiger partial charge on any atom is -0.445 e. The van der Waals surface area contributed by atoms with E-state index in [4.69, 9.17) is 33.2 Å². The maximum absolute atomic E-state index is 14.0. The zero-order valence-electron chi connectivity index (χ0n) is 37.4. The molecule has 0 bridgehead atoms. The van der Waals surface area contributed by atoms with Crippen LogP contribution in [0.5, 0.6) is 0 Å². The summed E-state index contributed by atoms with van der Waals surface area (Å²) in [7, 11) is 0. The van der Waals surface area contributed by atoms with Crippen LogP contribution >= 0.6 is 0 Å². The van der Waals surface area contributed by atoms with Crippen molar-refractivity contribution in [2.75, 3.05) is 0 Å². The maximum Gasteiger partial charge on any atom is 0.410 e. The molecule has 354 valence electrons. The number of nitrogens with one attached hydrogen (secondary N) is 2. The van der Waals surface area contributed by atoms with Crippen molar-refractivity contribution in [1.82, 2.24) is 15.5 Å². The summed E-state index contributed by atoms with van der Waals surface area (Å²) in [5.74, 6) is -1.07. The number of rotatable bonds is 15. The topological polar surface area (TPSA) is 212 Å². The Hall–Kier alpha value is -6.20. The number of hydrogen-bond acceptors (Lipinski definition) is 12. The SMILES string of the molecule is CC([C@@H]1CC[C@@H](N=[N+]=[N-])[C@@H](O[C@@H]2[C@@H](NC(=O)OCc3ccccc3)[C@H](O)[C@@H](NC(=O)OCc3ccccc3)[C@@H]3OC4(CCCCC4)O[C@@H]23)O1)N(Cc1ccccc1)C(=O)OCc1ccccc1. The Labute approximate surface area is 389 Å². The number of aliphatic hydroxyl groups excluding tert-OH is 1. The number of hydrogen-bond donors (Lipinski definition) is 3. The van der Waals surface area contributed by atoms with Gasteiger partial charge in [-0.3, -0.25) is 4.90 Å². The van der Waals surface area contributed by atoms with Gasteiger partial charge in [0, 0.05) is 24.3 Å². The fraction of sp³-hybridized carbons (Fsp3) is 0.460. The van der Waals surface area contributed by atoms with Crippen LogP contribution in [0, 0.1) is 0 Å². The molecule has 2 aliphatic heterocycles. The minimum atomic E-state index is -1.56. The van der Waals surface area contributed by atoms with E-state index in [9.17, 15) is 25.0 Å². The van der Waals surface area contributed by atoms with Crippen molar-refractivity contribution >= 4 is 18.3 Å². The molecule has 4 fully saturated rings. The van der Waals surface area contributed by atoms with E-state index in [0.29, 0.717) is 25.7 Å². The first kappa shape index (κ1) is 47.3. The molecule has 3 amide bonds. The molecule has 0 radical (unpaired) electrons. The van der Waals surface area contributed by atoms with Gasteiger partial charge in [0.05, 0.1) is 36.4 Å². The summed E-state index contributed by atoms with van der Waals surface area (Å²) >= 11 is 0. The second-order valence-corrected chi connectivity index (χ2v) is 17.5. The maximum atomic E-state index is 14.0. The lowest BCUT2D eigenvalue weighted by Gasteiger charge is -2.48. The summed E-state index contributed by atoms with van der Waals surface area (Å²) < 4.78 is 44.4. The molecule has 67 heavy (non-hydrogen) atoms. The second-order valence-electron chi connectivity index (χ2n) is 17.5. The Balaban J connectivity index is 1.08. The van der Waals surface area contributed by atoms with Gasteiger partial charge in [0.25, 0.3) is 0 Å². The summed E-state index contributed by atoms with van der Waals surface area (Å²) in [5.41, 5.74) is 13.0. The molecule has 2 saturated heterocycles. The van der Waals surface area contributed by atoms with Gasteiger partial charge in [0.1, 0.15) is 38.1 Å². The van der Waals surface area contributed by atoms with Crippen molar-refractivity contribution in [1.29, 1.82) is 0 Å². The van der Waals surface area contributed by atoms with Crippen LogP contribution in [0.4, 0.5) is 14.4 Å². The standard InChI is InChI=1S/C50H58N6O11/c1-33(56(29-34-17-7-2-8-18-34)49(60)63-32-37-23-13-5-14-24-37)39-26-25-38(54-55-51)46(64-39)65-43-40(52-47(58)61-30-35-19-9-3-10-20-35)42(57)41(53-48(59)62-31-36-21-11-4-12-22-36)44-45(43)67-50(66-44)27-15-6-16-28-50/h2-5,7-14,17-24,33,38-46,57H,6,15-16,25-32H2,1H3,(H,52,58)(H,53,59)/t33?,38-,39+,40+,41-,42+,43-,44+,45+,46-/m1/s1. The zero-order valence-corrected chi connectivity index (χ0v) is 37.4. The average Bonchev–Trinajstić information content (AvgIpc) is 3.73. The predicted octanol–water partition coefficient (Wildman–Crippen LogP) is 8.19. The number of aliphatic hydroxyl groups is 1. The molecule has 4 aliphatic rings. The first-order valence-electron chi connectivity index (χ1n) is 23.0. The number of carbonyl (C=O) groups is 3.